The van der Waals surface area contributed by atoms with Crippen LogP contribution in [0.3, 0.4) is 0 Å². The SMILES string of the molecule is O=C(O)[C@@H]1Cc2ccccc2CN1C(=O)[C@@H]1CCCCO1. The lowest BCUT2D eigenvalue weighted by Crippen LogP contribution is -2.52. The van der Waals surface area contributed by atoms with E-state index in [1.165, 1.54) is 4.90 Å². The molecule has 5 heteroatoms. The van der Waals surface area contributed by atoms with E-state index in [4.69, 9.17) is 4.74 Å². The van der Waals surface area contributed by atoms with Crippen LogP contribution in [0.4, 0.5) is 0 Å². The van der Waals surface area contributed by atoms with Crippen LogP contribution in [0.15, 0.2) is 24.3 Å². The molecule has 0 radical (unpaired) electrons. The standard InChI is InChI=1S/C16H19NO4/c18-15(14-7-3-4-8-21-14)17-10-12-6-2-1-5-11(12)9-13(17)16(19)20/h1-2,5-6,13-14H,3-4,7-10H2,(H,19,20)/t13-,14-/m0/s1. The Morgan fingerprint density at radius 1 is 1.19 bits per heavy atom. The van der Waals surface area contributed by atoms with Crippen LogP contribution in [0.25, 0.3) is 0 Å². The molecule has 1 aromatic rings. The molecule has 2 aliphatic rings. The van der Waals surface area contributed by atoms with Crippen molar-refractivity contribution in [3.63, 3.8) is 0 Å². The molecule has 3 rings (SSSR count). The Hall–Kier alpha value is -1.88. The number of carboxylic acids is 1. The molecule has 0 saturated carbocycles. The van der Waals surface area contributed by atoms with Crippen molar-refractivity contribution in [2.75, 3.05) is 6.61 Å². The number of carbonyl (C=O) groups is 2. The Kier molecular flexibility index (Phi) is 3.92. The van der Waals surface area contributed by atoms with Gasteiger partial charge in [-0.05, 0) is 30.4 Å². The molecule has 0 bridgehead atoms. The summed E-state index contributed by atoms with van der Waals surface area (Å²) in [7, 11) is 0. The number of nitrogens with zero attached hydrogens (tertiary/aromatic N) is 1. The number of amides is 1. The van der Waals surface area contributed by atoms with Crippen LogP contribution >= 0.6 is 0 Å². The van der Waals surface area contributed by atoms with Gasteiger partial charge in [0.15, 0.2) is 0 Å². The second-order valence-electron chi connectivity index (χ2n) is 5.65. The lowest BCUT2D eigenvalue weighted by atomic mass is 9.93. The highest BCUT2D eigenvalue weighted by atomic mass is 16.5. The van der Waals surface area contributed by atoms with Gasteiger partial charge in [0.05, 0.1) is 0 Å². The van der Waals surface area contributed by atoms with Gasteiger partial charge >= 0.3 is 5.97 Å². The van der Waals surface area contributed by atoms with E-state index in [9.17, 15) is 14.7 Å². The van der Waals surface area contributed by atoms with Crippen LogP contribution in [0, 0.1) is 0 Å². The molecule has 0 aliphatic carbocycles. The number of benzene rings is 1. The summed E-state index contributed by atoms with van der Waals surface area (Å²) in [6.45, 7) is 0.935. The fourth-order valence-electron chi connectivity index (χ4n) is 3.10. The van der Waals surface area contributed by atoms with Gasteiger partial charge in [-0.25, -0.2) is 4.79 Å². The number of aliphatic carboxylic acids is 1. The zero-order valence-corrected chi connectivity index (χ0v) is 11.8. The number of hydrogen-bond acceptors (Lipinski definition) is 3. The molecular formula is C16H19NO4. The molecule has 2 atom stereocenters. The topological polar surface area (TPSA) is 66.8 Å². The number of rotatable bonds is 2. The molecule has 2 heterocycles. The summed E-state index contributed by atoms with van der Waals surface area (Å²) in [6.07, 6.45) is 2.49. The summed E-state index contributed by atoms with van der Waals surface area (Å²) in [5, 5.41) is 9.45. The molecule has 0 aromatic heterocycles. The number of carboxylic acid groups (broad SMARTS) is 1. The maximum Gasteiger partial charge on any atom is 0.326 e. The first-order valence-corrected chi connectivity index (χ1v) is 7.38. The fraction of sp³-hybridized carbons (Fsp3) is 0.500. The van der Waals surface area contributed by atoms with E-state index in [0.717, 1.165) is 24.0 Å². The van der Waals surface area contributed by atoms with Crippen molar-refractivity contribution in [2.45, 2.75) is 44.4 Å². The van der Waals surface area contributed by atoms with Crippen molar-refractivity contribution >= 4 is 11.9 Å². The van der Waals surface area contributed by atoms with Gasteiger partial charge in [0, 0.05) is 19.6 Å². The average molecular weight is 289 g/mol. The number of ether oxygens (including phenoxy) is 1. The number of hydrogen-bond donors (Lipinski definition) is 1. The van der Waals surface area contributed by atoms with Crippen molar-refractivity contribution < 1.29 is 19.4 Å². The van der Waals surface area contributed by atoms with Crippen LogP contribution in [-0.4, -0.2) is 40.6 Å². The average Bonchev–Trinajstić information content (AvgIpc) is 2.53. The van der Waals surface area contributed by atoms with Gasteiger partial charge in [-0.3, -0.25) is 4.79 Å². The van der Waals surface area contributed by atoms with Gasteiger partial charge < -0.3 is 14.7 Å². The van der Waals surface area contributed by atoms with E-state index in [-0.39, 0.29) is 5.91 Å². The molecule has 5 nitrogen and oxygen atoms in total. The Bertz CT molecular complexity index is 551. The van der Waals surface area contributed by atoms with E-state index in [1.54, 1.807) is 0 Å². The smallest absolute Gasteiger partial charge is 0.326 e. The maximum absolute atomic E-state index is 12.6. The third kappa shape index (κ3) is 2.78. The van der Waals surface area contributed by atoms with Crippen molar-refractivity contribution in [1.29, 1.82) is 0 Å². The highest BCUT2D eigenvalue weighted by Gasteiger charge is 2.38. The van der Waals surface area contributed by atoms with E-state index in [2.05, 4.69) is 0 Å². The first-order valence-electron chi connectivity index (χ1n) is 7.38. The summed E-state index contributed by atoms with van der Waals surface area (Å²) in [4.78, 5) is 25.6. The predicted octanol–water partition coefficient (Wildman–Crippen LogP) is 1.59. The number of fused-ring (bicyclic) bond motifs is 1. The summed E-state index contributed by atoms with van der Waals surface area (Å²) >= 11 is 0. The molecule has 1 amide bonds. The minimum atomic E-state index is -0.950. The Morgan fingerprint density at radius 3 is 2.62 bits per heavy atom. The minimum Gasteiger partial charge on any atom is -0.480 e. The Labute approximate surface area is 123 Å². The first-order chi connectivity index (χ1) is 10.2. The first kappa shape index (κ1) is 14.1. The Morgan fingerprint density at radius 2 is 1.95 bits per heavy atom. The van der Waals surface area contributed by atoms with Crippen molar-refractivity contribution in [1.82, 2.24) is 4.90 Å². The zero-order valence-electron chi connectivity index (χ0n) is 11.8. The third-order valence-electron chi connectivity index (χ3n) is 4.27. The lowest BCUT2D eigenvalue weighted by molar-refractivity contribution is -0.159. The van der Waals surface area contributed by atoms with E-state index < -0.39 is 18.1 Å². The highest BCUT2D eigenvalue weighted by Crippen LogP contribution is 2.26. The van der Waals surface area contributed by atoms with Crippen LogP contribution in [0.1, 0.15) is 30.4 Å². The second-order valence-corrected chi connectivity index (χ2v) is 5.65. The van der Waals surface area contributed by atoms with E-state index >= 15 is 0 Å². The zero-order chi connectivity index (χ0) is 14.8. The largest absolute Gasteiger partial charge is 0.480 e. The maximum atomic E-state index is 12.6. The van der Waals surface area contributed by atoms with Gasteiger partial charge in [-0.1, -0.05) is 24.3 Å². The van der Waals surface area contributed by atoms with Crippen LogP contribution in [-0.2, 0) is 27.3 Å². The number of carbonyl (C=O) groups excluding carboxylic acids is 1. The molecule has 0 unspecified atom stereocenters. The minimum absolute atomic E-state index is 0.184. The third-order valence-corrected chi connectivity index (χ3v) is 4.27. The molecule has 1 aromatic carbocycles. The van der Waals surface area contributed by atoms with Crippen LogP contribution < -0.4 is 0 Å². The molecular weight excluding hydrogens is 270 g/mol. The molecule has 1 N–H and O–H groups in total. The predicted molar refractivity (Wildman–Crippen MR) is 75.7 cm³/mol. The molecule has 1 fully saturated rings. The van der Waals surface area contributed by atoms with E-state index in [1.807, 2.05) is 24.3 Å². The molecule has 2 aliphatic heterocycles. The van der Waals surface area contributed by atoms with E-state index in [0.29, 0.717) is 26.0 Å². The summed E-state index contributed by atoms with van der Waals surface area (Å²) < 4.78 is 5.52. The monoisotopic (exact) mass is 289 g/mol. The van der Waals surface area contributed by atoms with Crippen molar-refractivity contribution in [3.05, 3.63) is 35.4 Å². The summed E-state index contributed by atoms with van der Waals surface area (Å²) in [6, 6.07) is 6.91. The van der Waals surface area contributed by atoms with Gasteiger partial charge in [0.2, 0.25) is 0 Å². The summed E-state index contributed by atoms with van der Waals surface area (Å²) in [5.41, 5.74) is 2.04. The molecule has 0 spiro atoms. The quantitative estimate of drug-likeness (QED) is 0.898. The molecule has 112 valence electrons. The van der Waals surface area contributed by atoms with Crippen molar-refractivity contribution in [3.8, 4) is 0 Å². The van der Waals surface area contributed by atoms with Gasteiger partial charge in [-0.15, -0.1) is 0 Å². The Balaban J connectivity index is 1.85. The summed E-state index contributed by atoms with van der Waals surface area (Å²) in [5.74, 6) is -1.13. The normalized spacial score (nSPS) is 25.2. The van der Waals surface area contributed by atoms with Crippen molar-refractivity contribution in [2.24, 2.45) is 0 Å². The molecule has 21 heavy (non-hydrogen) atoms. The van der Waals surface area contributed by atoms with Gasteiger partial charge in [0.25, 0.3) is 5.91 Å². The van der Waals surface area contributed by atoms with Gasteiger partial charge in [-0.2, -0.15) is 0 Å². The van der Waals surface area contributed by atoms with Gasteiger partial charge in [0.1, 0.15) is 12.1 Å². The van der Waals surface area contributed by atoms with Crippen LogP contribution in [0.5, 0.6) is 0 Å². The highest BCUT2D eigenvalue weighted by molar-refractivity contribution is 5.87. The second kappa shape index (κ2) is 5.85. The lowest BCUT2D eigenvalue weighted by Gasteiger charge is -2.37. The molecule has 1 saturated heterocycles. The fourth-order valence-corrected chi connectivity index (χ4v) is 3.10. The van der Waals surface area contributed by atoms with Crippen LogP contribution in [0.2, 0.25) is 0 Å².